The zero-order valence-electron chi connectivity index (χ0n) is 21.6. The summed E-state index contributed by atoms with van der Waals surface area (Å²) in [4.78, 5) is 23.3. The maximum Gasteiger partial charge on any atom is 0.339 e. The first-order valence-corrected chi connectivity index (χ1v) is 12.3. The number of anilines is 2. The first-order chi connectivity index (χ1) is 17.2. The van der Waals surface area contributed by atoms with Gasteiger partial charge in [-0.05, 0) is 60.3 Å². The molecule has 0 fully saturated rings. The number of methoxy groups -OCH3 is 1. The molecule has 1 aliphatic carbocycles. The summed E-state index contributed by atoms with van der Waals surface area (Å²) in [6, 6.07) is 11.0. The fourth-order valence-electron chi connectivity index (χ4n) is 4.69. The topological polar surface area (TPSA) is 96.8 Å². The van der Waals surface area contributed by atoms with Gasteiger partial charge in [0, 0.05) is 30.1 Å². The van der Waals surface area contributed by atoms with Crippen LogP contribution in [0.15, 0.2) is 42.6 Å². The fraction of sp³-hybridized carbons (Fsp3) is 0.393. The van der Waals surface area contributed by atoms with Crippen molar-refractivity contribution in [3.8, 4) is 22.8 Å². The molecule has 0 saturated heterocycles. The van der Waals surface area contributed by atoms with Gasteiger partial charge in [0.05, 0.1) is 12.8 Å². The molecule has 0 radical (unpaired) electrons. The molecule has 4 rings (SSSR count). The minimum Gasteiger partial charge on any atom is -0.497 e. The summed E-state index contributed by atoms with van der Waals surface area (Å²) in [7, 11) is 1.66. The third kappa shape index (κ3) is 5.28. The van der Waals surface area contributed by atoms with Crippen LogP contribution in [0.1, 0.15) is 49.2 Å². The molecule has 0 amide bonds. The minimum atomic E-state index is -1.03. The molecule has 8 heteroatoms. The highest BCUT2D eigenvalue weighted by Gasteiger charge is 2.32. The molecule has 1 heterocycles. The molecule has 3 aromatic rings. The van der Waals surface area contributed by atoms with Crippen LogP contribution in [0.2, 0.25) is 0 Å². The normalized spacial score (nSPS) is 13.6. The van der Waals surface area contributed by atoms with E-state index in [-0.39, 0.29) is 11.0 Å². The molecule has 2 N–H and O–H groups in total. The zero-order valence-corrected chi connectivity index (χ0v) is 21.6. The second kappa shape index (κ2) is 10.5. The lowest BCUT2D eigenvalue weighted by Crippen LogP contribution is -2.28. The van der Waals surface area contributed by atoms with Crippen LogP contribution < -0.4 is 14.8 Å². The molecule has 0 aliphatic heterocycles. The molecular weight excluding hydrogens is 456 g/mol. The van der Waals surface area contributed by atoms with Gasteiger partial charge in [0.1, 0.15) is 23.7 Å². The van der Waals surface area contributed by atoms with Crippen LogP contribution in [0.3, 0.4) is 0 Å². The summed E-state index contributed by atoms with van der Waals surface area (Å²) in [6.07, 6.45) is 2.70. The molecule has 1 aliphatic rings. The summed E-state index contributed by atoms with van der Waals surface area (Å²) in [5.74, 6) is 0.493. The molecular formula is C28H34N4O4. The Morgan fingerprint density at radius 3 is 2.64 bits per heavy atom. The molecule has 0 saturated carbocycles. The maximum atomic E-state index is 11.7. The highest BCUT2D eigenvalue weighted by atomic mass is 16.5. The van der Waals surface area contributed by atoms with Crippen LogP contribution in [0.4, 0.5) is 11.6 Å². The van der Waals surface area contributed by atoms with Gasteiger partial charge in [0.25, 0.3) is 0 Å². The summed E-state index contributed by atoms with van der Waals surface area (Å²) in [5, 5.41) is 12.8. The predicted octanol–water partition coefficient (Wildman–Crippen LogP) is 5.15. The Balaban J connectivity index is 1.62. The van der Waals surface area contributed by atoms with Crippen LogP contribution >= 0.6 is 0 Å². The number of carboxylic acids is 1. The van der Waals surface area contributed by atoms with E-state index in [9.17, 15) is 9.90 Å². The Bertz CT molecular complexity index is 1250. The van der Waals surface area contributed by atoms with Crippen molar-refractivity contribution in [3.63, 3.8) is 0 Å². The number of carboxylic acid groups (broad SMARTS) is 1. The highest BCUT2D eigenvalue weighted by Crippen LogP contribution is 2.43. The standard InChI is InChI=1S/C28H34N4O4/c1-6-32(7-2)12-13-36-24-14-19(8-10-21(24)26(33)34)30-27-29-17-18-16-28(3,4)23-11-9-20(35-5)15-22(23)25(18)31-27/h8-11,14-15,17H,6-7,12-13,16H2,1-5H3,(H,33,34)(H,29,30,31). The van der Waals surface area contributed by atoms with Gasteiger partial charge in [0.15, 0.2) is 0 Å². The van der Waals surface area contributed by atoms with Gasteiger partial charge in [-0.1, -0.05) is 33.8 Å². The number of fused-ring (bicyclic) bond motifs is 3. The number of benzene rings is 2. The smallest absolute Gasteiger partial charge is 0.339 e. The average molecular weight is 491 g/mol. The molecule has 1 aromatic heterocycles. The SMILES string of the molecule is CCN(CC)CCOc1cc(Nc2ncc3c(n2)-c2cc(OC)ccc2C(C)(C)C3)ccc1C(=O)O. The Labute approximate surface area is 212 Å². The molecule has 0 atom stereocenters. The summed E-state index contributed by atoms with van der Waals surface area (Å²) < 4.78 is 11.3. The monoisotopic (exact) mass is 490 g/mol. The van der Waals surface area contributed by atoms with Crippen molar-refractivity contribution in [3.05, 3.63) is 59.3 Å². The Morgan fingerprint density at radius 2 is 1.94 bits per heavy atom. The summed E-state index contributed by atoms with van der Waals surface area (Å²) in [6.45, 7) is 11.6. The number of ether oxygens (including phenoxy) is 2. The van der Waals surface area contributed by atoms with Gasteiger partial charge in [-0.25, -0.2) is 14.8 Å². The Hall–Kier alpha value is -3.65. The van der Waals surface area contributed by atoms with Gasteiger partial charge in [-0.15, -0.1) is 0 Å². The van der Waals surface area contributed by atoms with E-state index in [1.54, 1.807) is 25.3 Å². The van der Waals surface area contributed by atoms with E-state index in [4.69, 9.17) is 14.5 Å². The lowest BCUT2D eigenvalue weighted by molar-refractivity contribution is 0.0691. The first kappa shape index (κ1) is 25.4. The summed E-state index contributed by atoms with van der Waals surface area (Å²) >= 11 is 0. The maximum absolute atomic E-state index is 11.7. The number of aromatic carboxylic acids is 1. The van der Waals surface area contributed by atoms with Crippen molar-refractivity contribution in [2.45, 2.75) is 39.5 Å². The molecule has 2 aromatic carbocycles. The van der Waals surface area contributed by atoms with Crippen LogP contribution in [-0.2, 0) is 11.8 Å². The van der Waals surface area contributed by atoms with Crippen LogP contribution in [0.25, 0.3) is 11.3 Å². The van der Waals surface area contributed by atoms with E-state index in [2.05, 4.69) is 49.0 Å². The quantitative estimate of drug-likeness (QED) is 0.403. The van der Waals surface area contributed by atoms with Crippen molar-refractivity contribution in [2.24, 2.45) is 0 Å². The van der Waals surface area contributed by atoms with E-state index >= 15 is 0 Å². The number of rotatable bonds is 10. The number of carbonyl (C=O) groups is 1. The van der Waals surface area contributed by atoms with E-state index in [1.165, 1.54) is 5.56 Å². The lowest BCUT2D eigenvalue weighted by atomic mass is 9.72. The third-order valence-electron chi connectivity index (χ3n) is 6.74. The van der Waals surface area contributed by atoms with Crippen LogP contribution in [0.5, 0.6) is 11.5 Å². The lowest BCUT2D eigenvalue weighted by Gasteiger charge is -2.33. The predicted molar refractivity (Wildman–Crippen MR) is 141 cm³/mol. The van der Waals surface area contributed by atoms with E-state index in [1.807, 2.05) is 18.3 Å². The van der Waals surface area contributed by atoms with Crippen molar-refractivity contribution in [2.75, 3.05) is 38.7 Å². The largest absolute Gasteiger partial charge is 0.497 e. The fourth-order valence-corrected chi connectivity index (χ4v) is 4.69. The second-order valence-corrected chi connectivity index (χ2v) is 9.56. The van der Waals surface area contributed by atoms with Gasteiger partial charge in [-0.2, -0.15) is 0 Å². The van der Waals surface area contributed by atoms with Crippen molar-refractivity contribution in [1.82, 2.24) is 14.9 Å². The van der Waals surface area contributed by atoms with E-state index in [0.29, 0.717) is 24.0 Å². The zero-order chi connectivity index (χ0) is 25.9. The average Bonchev–Trinajstić information content (AvgIpc) is 2.86. The second-order valence-electron chi connectivity index (χ2n) is 9.56. The van der Waals surface area contributed by atoms with E-state index in [0.717, 1.165) is 48.6 Å². The number of nitrogens with one attached hydrogen (secondary N) is 1. The molecule has 0 spiro atoms. The van der Waals surface area contributed by atoms with Gasteiger partial charge in [-0.3, -0.25) is 0 Å². The number of nitrogens with zero attached hydrogens (tertiary/aromatic N) is 3. The van der Waals surface area contributed by atoms with Crippen molar-refractivity contribution >= 4 is 17.6 Å². The van der Waals surface area contributed by atoms with Crippen molar-refractivity contribution < 1.29 is 19.4 Å². The third-order valence-corrected chi connectivity index (χ3v) is 6.74. The summed E-state index contributed by atoms with van der Waals surface area (Å²) in [5.41, 5.74) is 4.93. The molecule has 36 heavy (non-hydrogen) atoms. The highest BCUT2D eigenvalue weighted by molar-refractivity contribution is 5.91. The molecule has 0 unspecified atom stereocenters. The first-order valence-electron chi connectivity index (χ1n) is 12.3. The molecule has 8 nitrogen and oxygen atoms in total. The van der Waals surface area contributed by atoms with Gasteiger partial charge >= 0.3 is 5.97 Å². The molecule has 0 bridgehead atoms. The van der Waals surface area contributed by atoms with Gasteiger partial charge in [0.2, 0.25) is 5.95 Å². The number of hydrogen-bond acceptors (Lipinski definition) is 7. The number of likely N-dealkylation sites (N-methyl/N-ethyl adjacent to an activating group) is 1. The molecule has 190 valence electrons. The van der Waals surface area contributed by atoms with Crippen LogP contribution in [-0.4, -0.2) is 59.3 Å². The number of hydrogen-bond donors (Lipinski definition) is 2. The van der Waals surface area contributed by atoms with Crippen LogP contribution in [0, 0.1) is 0 Å². The van der Waals surface area contributed by atoms with E-state index < -0.39 is 5.97 Å². The Morgan fingerprint density at radius 1 is 1.17 bits per heavy atom. The Kier molecular flexibility index (Phi) is 7.45. The minimum absolute atomic E-state index is 0.0447. The van der Waals surface area contributed by atoms with Gasteiger partial charge < -0.3 is 24.8 Å². The number of aromatic nitrogens is 2. The van der Waals surface area contributed by atoms with Crippen molar-refractivity contribution in [1.29, 1.82) is 0 Å².